The second-order valence-corrected chi connectivity index (χ2v) is 4.39. The van der Waals surface area contributed by atoms with Crippen LogP contribution >= 0.6 is 23.2 Å². The number of aromatic nitrogens is 1. The van der Waals surface area contributed by atoms with Gasteiger partial charge in [-0.25, -0.2) is 4.98 Å². The van der Waals surface area contributed by atoms with Gasteiger partial charge in [0, 0.05) is 11.6 Å². The lowest BCUT2D eigenvalue weighted by Gasteiger charge is -2.07. The van der Waals surface area contributed by atoms with Crippen LogP contribution < -0.4 is 4.74 Å². The highest BCUT2D eigenvalue weighted by Crippen LogP contribution is 2.36. The van der Waals surface area contributed by atoms with Crippen molar-refractivity contribution >= 4 is 28.9 Å². The summed E-state index contributed by atoms with van der Waals surface area (Å²) < 4.78 is 4.91. The first-order valence-electron chi connectivity index (χ1n) is 5.18. The molecule has 0 fully saturated rings. The molecule has 1 heterocycles. The van der Waals surface area contributed by atoms with Crippen LogP contribution in [0.1, 0.15) is 0 Å². The molecule has 98 valence electrons. The van der Waals surface area contributed by atoms with Gasteiger partial charge in [-0.2, -0.15) is 0 Å². The lowest BCUT2D eigenvalue weighted by Crippen LogP contribution is -1.97. The molecule has 0 saturated heterocycles. The molecule has 7 heteroatoms. The van der Waals surface area contributed by atoms with Gasteiger partial charge in [0.1, 0.15) is 0 Å². The van der Waals surface area contributed by atoms with Gasteiger partial charge >= 0.3 is 5.69 Å². The molecule has 2 aromatic rings. The molecule has 0 N–H and O–H groups in total. The van der Waals surface area contributed by atoms with Crippen molar-refractivity contribution in [3.8, 4) is 17.1 Å². The summed E-state index contributed by atoms with van der Waals surface area (Å²) in [5.41, 5.74) is 0.714. The van der Waals surface area contributed by atoms with Crippen molar-refractivity contribution in [2.24, 2.45) is 0 Å². The fourth-order valence-electron chi connectivity index (χ4n) is 1.60. The molecule has 0 aliphatic rings. The number of benzene rings is 1. The number of ether oxygens (including phenoxy) is 1. The Hall–Kier alpha value is -1.85. The van der Waals surface area contributed by atoms with Crippen molar-refractivity contribution in [3.05, 3.63) is 50.5 Å². The molecule has 0 atom stereocenters. The van der Waals surface area contributed by atoms with Gasteiger partial charge in [0.05, 0.1) is 27.8 Å². The number of pyridine rings is 1. The minimum absolute atomic E-state index is 0.0847. The van der Waals surface area contributed by atoms with E-state index in [1.54, 1.807) is 18.2 Å². The van der Waals surface area contributed by atoms with E-state index in [9.17, 15) is 10.1 Å². The zero-order valence-electron chi connectivity index (χ0n) is 9.76. The molecule has 0 saturated carbocycles. The summed E-state index contributed by atoms with van der Waals surface area (Å²) in [7, 11) is 1.31. The van der Waals surface area contributed by atoms with Gasteiger partial charge in [0.15, 0.2) is 0 Å². The van der Waals surface area contributed by atoms with Gasteiger partial charge in [0.2, 0.25) is 0 Å². The van der Waals surface area contributed by atoms with E-state index in [0.717, 1.165) is 0 Å². The molecule has 2 rings (SSSR count). The zero-order chi connectivity index (χ0) is 14.0. The normalized spacial score (nSPS) is 10.3. The van der Waals surface area contributed by atoms with Crippen LogP contribution in [0.25, 0.3) is 11.3 Å². The Labute approximate surface area is 118 Å². The van der Waals surface area contributed by atoms with Crippen LogP contribution in [0.5, 0.6) is 5.88 Å². The summed E-state index contributed by atoms with van der Waals surface area (Å²) in [4.78, 5) is 14.3. The number of nitro groups is 1. The minimum Gasteiger partial charge on any atom is -0.476 e. The molecule has 0 amide bonds. The lowest BCUT2D eigenvalue weighted by atomic mass is 10.1. The number of rotatable bonds is 3. The van der Waals surface area contributed by atoms with Crippen LogP contribution in [0.15, 0.2) is 30.3 Å². The molecule has 0 radical (unpaired) electrons. The first-order valence-corrected chi connectivity index (χ1v) is 5.94. The maximum atomic E-state index is 10.8. The van der Waals surface area contributed by atoms with Gasteiger partial charge in [0.25, 0.3) is 5.88 Å². The first-order chi connectivity index (χ1) is 9.04. The molecule has 0 aliphatic heterocycles. The van der Waals surface area contributed by atoms with Crippen LogP contribution in [0.2, 0.25) is 10.0 Å². The molecular weight excluding hydrogens is 291 g/mol. The Morgan fingerprint density at radius 3 is 2.37 bits per heavy atom. The highest BCUT2D eigenvalue weighted by molar-refractivity contribution is 6.39. The summed E-state index contributed by atoms with van der Waals surface area (Å²) in [5, 5.41) is 11.6. The molecule has 0 spiro atoms. The van der Waals surface area contributed by atoms with E-state index in [1.807, 2.05) is 0 Å². The molecule has 0 bridgehead atoms. The average molecular weight is 299 g/mol. The quantitative estimate of drug-likeness (QED) is 0.635. The van der Waals surface area contributed by atoms with Gasteiger partial charge in [-0.05, 0) is 18.2 Å². The third-order valence-electron chi connectivity index (χ3n) is 2.45. The van der Waals surface area contributed by atoms with E-state index in [4.69, 9.17) is 27.9 Å². The Bertz CT molecular complexity index is 627. The molecule has 1 aromatic heterocycles. The van der Waals surface area contributed by atoms with Crippen LogP contribution in [0.4, 0.5) is 5.69 Å². The highest BCUT2D eigenvalue weighted by atomic mass is 35.5. The summed E-state index contributed by atoms with van der Waals surface area (Å²) in [6, 6.07) is 7.82. The molecule has 5 nitrogen and oxygen atoms in total. The van der Waals surface area contributed by atoms with Crippen LogP contribution in [-0.4, -0.2) is 17.0 Å². The van der Waals surface area contributed by atoms with E-state index >= 15 is 0 Å². The lowest BCUT2D eigenvalue weighted by molar-refractivity contribution is -0.386. The molecule has 1 aromatic carbocycles. The van der Waals surface area contributed by atoms with Crippen LogP contribution in [-0.2, 0) is 0 Å². The van der Waals surface area contributed by atoms with Crippen LogP contribution in [0.3, 0.4) is 0 Å². The molecule has 19 heavy (non-hydrogen) atoms. The third kappa shape index (κ3) is 2.62. The van der Waals surface area contributed by atoms with Gasteiger partial charge in [-0.15, -0.1) is 0 Å². The molecule has 0 unspecified atom stereocenters. The standard InChI is InChI=1S/C12H8Cl2N2O3/c1-19-12-10(16(17)18)6-5-9(15-12)11-7(13)3-2-4-8(11)14/h2-6H,1H3. The van der Waals surface area contributed by atoms with Crippen LogP contribution in [0, 0.1) is 10.1 Å². The summed E-state index contributed by atoms with van der Waals surface area (Å²) in [6.45, 7) is 0. The topological polar surface area (TPSA) is 65.3 Å². The number of halogens is 2. The largest absolute Gasteiger partial charge is 0.476 e. The van der Waals surface area contributed by atoms with Gasteiger partial charge in [-0.1, -0.05) is 29.3 Å². The molecule has 0 aliphatic carbocycles. The van der Waals surface area contributed by atoms with Crippen molar-refractivity contribution in [3.63, 3.8) is 0 Å². The maximum Gasteiger partial charge on any atom is 0.330 e. The summed E-state index contributed by atoms with van der Waals surface area (Å²) in [5.74, 6) is -0.0847. The minimum atomic E-state index is -0.566. The van der Waals surface area contributed by atoms with Crippen molar-refractivity contribution in [1.29, 1.82) is 0 Å². The Kier molecular flexibility index (Phi) is 3.87. The van der Waals surface area contributed by atoms with Crippen molar-refractivity contribution in [2.75, 3.05) is 7.11 Å². The Morgan fingerprint density at radius 2 is 1.84 bits per heavy atom. The second kappa shape index (κ2) is 5.42. The van der Waals surface area contributed by atoms with E-state index in [-0.39, 0.29) is 11.6 Å². The van der Waals surface area contributed by atoms with E-state index in [1.165, 1.54) is 19.2 Å². The van der Waals surface area contributed by atoms with E-state index < -0.39 is 4.92 Å². The van der Waals surface area contributed by atoms with Gasteiger partial charge < -0.3 is 4.74 Å². The maximum absolute atomic E-state index is 10.8. The van der Waals surface area contributed by atoms with Gasteiger partial charge in [-0.3, -0.25) is 10.1 Å². The summed E-state index contributed by atoms with van der Waals surface area (Å²) in [6.07, 6.45) is 0. The highest BCUT2D eigenvalue weighted by Gasteiger charge is 2.19. The zero-order valence-corrected chi connectivity index (χ0v) is 11.3. The van der Waals surface area contributed by atoms with E-state index in [0.29, 0.717) is 21.3 Å². The predicted octanol–water partition coefficient (Wildman–Crippen LogP) is 3.97. The molecular formula is C12H8Cl2N2O3. The predicted molar refractivity (Wildman–Crippen MR) is 72.9 cm³/mol. The Balaban J connectivity index is 2.61. The second-order valence-electron chi connectivity index (χ2n) is 3.58. The number of hydrogen-bond acceptors (Lipinski definition) is 4. The monoisotopic (exact) mass is 298 g/mol. The fraction of sp³-hybridized carbons (Fsp3) is 0.0833. The number of methoxy groups -OCH3 is 1. The van der Waals surface area contributed by atoms with Crippen molar-refractivity contribution in [2.45, 2.75) is 0 Å². The SMILES string of the molecule is COc1nc(-c2c(Cl)cccc2Cl)ccc1[N+](=O)[O-]. The third-order valence-corrected chi connectivity index (χ3v) is 3.08. The Morgan fingerprint density at radius 1 is 1.21 bits per heavy atom. The fourth-order valence-corrected chi connectivity index (χ4v) is 2.20. The van der Waals surface area contributed by atoms with E-state index in [2.05, 4.69) is 4.98 Å². The smallest absolute Gasteiger partial charge is 0.330 e. The first kappa shape index (κ1) is 13.6. The average Bonchev–Trinajstić information content (AvgIpc) is 2.38. The van der Waals surface area contributed by atoms with Crippen molar-refractivity contribution < 1.29 is 9.66 Å². The number of nitrogens with zero attached hydrogens (tertiary/aromatic N) is 2. The van der Waals surface area contributed by atoms with Crippen molar-refractivity contribution in [1.82, 2.24) is 4.98 Å². The summed E-state index contributed by atoms with van der Waals surface area (Å²) >= 11 is 12.1. The number of hydrogen-bond donors (Lipinski definition) is 0.